The lowest BCUT2D eigenvalue weighted by molar-refractivity contribution is 0.0529. The Hall–Kier alpha value is -1.50. The van der Waals surface area contributed by atoms with Gasteiger partial charge in [-0.2, -0.15) is 0 Å². The van der Waals surface area contributed by atoms with Crippen LogP contribution in [0.4, 0.5) is 4.79 Å². The number of nitrogens with one attached hydrogen (secondary N) is 3. The van der Waals surface area contributed by atoms with E-state index in [-0.39, 0.29) is 0 Å². The molecule has 0 heterocycles. The second-order valence-corrected chi connectivity index (χ2v) is 5.88. The third kappa shape index (κ3) is 11.2. The summed E-state index contributed by atoms with van der Waals surface area (Å²) in [4.78, 5) is 18.0. The summed E-state index contributed by atoms with van der Waals surface area (Å²) in [6, 6.07) is 0. The van der Waals surface area contributed by atoms with E-state index in [0.717, 1.165) is 32.1 Å². The fourth-order valence-corrected chi connectivity index (χ4v) is 1.75. The van der Waals surface area contributed by atoms with E-state index in [4.69, 9.17) is 4.74 Å². The van der Waals surface area contributed by atoms with Gasteiger partial charge in [-0.1, -0.05) is 13.8 Å². The first kappa shape index (κ1) is 20.5. The van der Waals surface area contributed by atoms with Gasteiger partial charge in [-0.05, 0) is 33.9 Å². The summed E-state index contributed by atoms with van der Waals surface area (Å²) in [7, 11) is 1.73. The van der Waals surface area contributed by atoms with Gasteiger partial charge in [0.1, 0.15) is 5.60 Å². The molecule has 0 saturated carbocycles. The number of hydrogen-bond acceptors (Lipinski definition) is 4. The van der Waals surface area contributed by atoms with Gasteiger partial charge in [0.25, 0.3) is 0 Å². The van der Waals surface area contributed by atoms with Crippen molar-refractivity contribution < 1.29 is 9.53 Å². The van der Waals surface area contributed by atoms with Crippen LogP contribution in [0.1, 0.15) is 34.6 Å². The molecule has 1 amide bonds. The Morgan fingerprint density at radius 3 is 2.09 bits per heavy atom. The highest BCUT2D eigenvalue weighted by atomic mass is 16.6. The number of likely N-dealkylation sites (N-methyl/N-ethyl adjacent to an activating group) is 1. The van der Waals surface area contributed by atoms with Crippen molar-refractivity contribution in [3.63, 3.8) is 0 Å². The molecule has 0 spiro atoms. The Morgan fingerprint density at radius 2 is 1.59 bits per heavy atom. The molecule has 130 valence electrons. The van der Waals surface area contributed by atoms with E-state index < -0.39 is 11.7 Å². The van der Waals surface area contributed by atoms with Gasteiger partial charge in [-0.3, -0.25) is 4.99 Å². The summed E-state index contributed by atoms with van der Waals surface area (Å²) < 4.78 is 5.16. The van der Waals surface area contributed by atoms with Crippen LogP contribution in [-0.4, -0.2) is 68.9 Å². The number of aliphatic imine (C=N–C) groups is 1. The van der Waals surface area contributed by atoms with Gasteiger partial charge in [0.15, 0.2) is 5.96 Å². The molecule has 0 radical (unpaired) electrons. The number of guanidine groups is 1. The molecule has 0 aliphatic rings. The highest BCUT2D eigenvalue weighted by Gasteiger charge is 2.15. The number of amides is 1. The molecule has 0 aliphatic heterocycles. The lowest BCUT2D eigenvalue weighted by Crippen LogP contribution is -2.44. The molecule has 22 heavy (non-hydrogen) atoms. The van der Waals surface area contributed by atoms with Crippen LogP contribution in [0.3, 0.4) is 0 Å². The molecule has 7 nitrogen and oxygen atoms in total. The molecule has 0 aromatic heterocycles. The average Bonchev–Trinajstić information content (AvgIpc) is 2.44. The monoisotopic (exact) mass is 315 g/mol. The van der Waals surface area contributed by atoms with Crippen molar-refractivity contribution >= 4 is 12.1 Å². The van der Waals surface area contributed by atoms with Gasteiger partial charge < -0.3 is 25.6 Å². The standard InChI is InChI=1S/C15H33N5O2/c1-7-20(8-2)12-11-18-13(16-6)17-9-10-19-14(21)22-15(3,4)5/h7-12H2,1-6H3,(H,19,21)(H2,16,17,18). The molecular weight excluding hydrogens is 282 g/mol. The van der Waals surface area contributed by atoms with Crippen molar-refractivity contribution in [1.29, 1.82) is 0 Å². The third-order valence-corrected chi connectivity index (χ3v) is 2.92. The summed E-state index contributed by atoms with van der Waals surface area (Å²) in [5, 5.41) is 9.09. The van der Waals surface area contributed by atoms with Gasteiger partial charge in [-0.15, -0.1) is 0 Å². The Bertz CT molecular complexity index is 335. The predicted octanol–water partition coefficient (Wildman–Crippen LogP) is 1.02. The molecule has 0 aliphatic carbocycles. The Labute approximate surface area is 134 Å². The summed E-state index contributed by atoms with van der Waals surface area (Å²) in [5.74, 6) is 0.734. The minimum absolute atomic E-state index is 0.404. The third-order valence-electron chi connectivity index (χ3n) is 2.92. The maximum Gasteiger partial charge on any atom is 0.407 e. The zero-order valence-corrected chi connectivity index (χ0v) is 15.0. The summed E-state index contributed by atoms with van der Waals surface area (Å²) in [6.07, 6.45) is -0.404. The normalized spacial score (nSPS) is 12.2. The number of hydrogen-bond donors (Lipinski definition) is 3. The maximum atomic E-state index is 11.5. The lowest BCUT2D eigenvalue weighted by Gasteiger charge is -2.20. The van der Waals surface area contributed by atoms with Crippen LogP contribution in [0, 0.1) is 0 Å². The van der Waals surface area contributed by atoms with E-state index in [2.05, 4.69) is 39.7 Å². The first-order valence-electron chi connectivity index (χ1n) is 7.96. The van der Waals surface area contributed by atoms with E-state index >= 15 is 0 Å². The summed E-state index contributed by atoms with van der Waals surface area (Å²) in [6.45, 7) is 14.8. The van der Waals surface area contributed by atoms with Gasteiger partial charge in [0.05, 0.1) is 0 Å². The zero-order chi connectivity index (χ0) is 17.0. The maximum absolute atomic E-state index is 11.5. The van der Waals surface area contributed by atoms with E-state index in [0.29, 0.717) is 13.1 Å². The summed E-state index contributed by atoms with van der Waals surface area (Å²) in [5.41, 5.74) is -0.473. The topological polar surface area (TPSA) is 78.0 Å². The van der Waals surface area contributed by atoms with Crippen LogP contribution >= 0.6 is 0 Å². The number of ether oxygens (including phenoxy) is 1. The smallest absolute Gasteiger partial charge is 0.407 e. The molecule has 3 N–H and O–H groups in total. The van der Waals surface area contributed by atoms with E-state index in [9.17, 15) is 4.79 Å². The predicted molar refractivity (Wildman–Crippen MR) is 91.4 cm³/mol. The molecule has 0 fully saturated rings. The quantitative estimate of drug-likeness (QED) is 0.354. The van der Waals surface area contributed by atoms with Crippen molar-refractivity contribution in [2.45, 2.75) is 40.2 Å². The number of alkyl carbamates (subject to hydrolysis) is 1. The fourth-order valence-electron chi connectivity index (χ4n) is 1.75. The van der Waals surface area contributed by atoms with Crippen LogP contribution in [0.2, 0.25) is 0 Å². The zero-order valence-electron chi connectivity index (χ0n) is 15.0. The van der Waals surface area contributed by atoms with E-state index in [1.54, 1.807) is 7.05 Å². The molecule has 0 bridgehead atoms. The van der Waals surface area contributed by atoms with Crippen molar-refractivity contribution in [2.75, 3.05) is 46.3 Å². The minimum Gasteiger partial charge on any atom is -0.444 e. The minimum atomic E-state index is -0.473. The van der Waals surface area contributed by atoms with Crippen LogP contribution in [0.5, 0.6) is 0 Å². The Balaban J connectivity index is 3.81. The highest BCUT2D eigenvalue weighted by molar-refractivity contribution is 5.79. The van der Waals surface area contributed by atoms with Crippen LogP contribution in [-0.2, 0) is 4.74 Å². The second kappa shape index (κ2) is 11.1. The van der Waals surface area contributed by atoms with Crippen LogP contribution < -0.4 is 16.0 Å². The van der Waals surface area contributed by atoms with Gasteiger partial charge in [0, 0.05) is 33.2 Å². The molecule has 0 unspecified atom stereocenters. The SMILES string of the molecule is CCN(CC)CCNC(=NC)NCCNC(=O)OC(C)(C)C. The lowest BCUT2D eigenvalue weighted by atomic mass is 10.2. The molecular formula is C15H33N5O2. The molecule has 0 saturated heterocycles. The van der Waals surface area contributed by atoms with Gasteiger partial charge in [0.2, 0.25) is 0 Å². The van der Waals surface area contributed by atoms with Crippen molar-refractivity contribution in [3.8, 4) is 0 Å². The summed E-state index contributed by atoms with van der Waals surface area (Å²) >= 11 is 0. The molecule has 0 aromatic rings. The van der Waals surface area contributed by atoms with Crippen molar-refractivity contribution in [3.05, 3.63) is 0 Å². The van der Waals surface area contributed by atoms with E-state index in [1.165, 1.54) is 0 Å². The number of carbonyl (C=O) groups excluding carboxylic acids is 1. The van der Waals surface area contributed by atoms with Crippen LogP contribution in [0.25, 0.3) is 0 Å². The highest BCUT2D eigenvalue weighted by Crippen LogP contribution is 2.05. The fraction of sp³-hybridized carbons (Fsp3) is 0.867. The molecule has 0 atom stereocenters. The number of nitrogens with zero attached hydrogens (tertiary/aromatic N) is 2. The Morgan fingerprint density at radius 1 is 1.05 bits per heavy atom. The van der Waals surface area contributed by atoms with E-state index in [1.807, 2.05) is 20.8 Å². The molecule has 0 aromatic carbocycles. The number of rotatable bonds is 8. The first-order chi connectivity index (χ1) is 10.3. The van der Waals surface area contributed by atoms with Crippen molar-refractivity contribution in [1.82, 2.24) is 20.9 Å². The largest absolute Gasteiger partial charge is 0.444 e. The number of carbonyl (C=O) groups is 1. The van der Waals surface area contributed by atoms with Crippen LogP contribution in [0.15, 0.2) is 4.99 Å². The Kier molecular flexibility index (Phi) is 10.4. The average molecular weight is 315 g/mol. The second-order valence-electron chi connectivity index (χ2n) is 5.88. The first-order valence-corrected chi connectivity index (χ1v) is 7.96. The van der Waals surface area contributed by atoms with Crippen molar-refractivity contribution in [2.24, 2.45) is 4.99 Å². The van der Waals surface area contributed by atoms with Gasteiger partial charge >= 0.3 is 6.09 Å². The molecule has 7 heteroatoms. The van der Waals surface area contributed by atoms with Gasteiger partial charge in [-0.25, -0.2) is 4.79 Å². The molecule has 0 rings (SSSR count).